The van der Waals surface area contributed by atoms with Crippen molar-refractivity contribution in [1.82, 2.24) is 4.31 Å². The summed E-state index contributed by atoms with van der Waals surface area (Å²) in [5, 5.41) is 2.84. The number of morpholine rings is 1. The first kappa shape index (κ1) is 20.7. The molecule has 0 unspecified atom stereocenters. The fraction of sp³-hybridized carbons (Fsp3) is 0.316. The first-order valence-corrected chi connectivity index (χ1v) is 11.3. The number of methoxy groups -OCH3 is 1. The van der Waals surface area contributed by atoms with E-state index in [-0.39, 0.29) is 23.5 Å². The van der Waals surface area contributed by atoms with Gasteiger partial charge in [0.25, 0.3) is 5.91 Å². The number of thioether (sulfide) groups is 1. The van der Waals surface area contributed by atoms with E-state index in [1.807, 2.05) is 24.5 Å². The minimum absolute atomic E-state index is 0.0542. The summed E-state index contributed by atoms with van der Waals surface area (Å²) in [5.74, 6) is -0.127. The van der Waals surface area contributed by atoms with Crippen LogP contribution in [0.1, 0.15) is 10.4 Å². The Kier molecular flexibility index (Phi) is 6.61. The number of hydrogen-bond acceptors (Lipinski definition) is 6. The molecule has 1 fully saturated rings. The van der Waals surface area contributed by atoms with Crippen molar-refractivity contribution in [1.29, 1.82) is 0 Å². The molecular formula is C19H22N2O5S2. The zero-order valence-electron chi connectivity index (χ0n) is 15.7. The highest BCUT2D eigenvalue weighted by Crippen LogP contribution is 2.28. The second-order valence-corrected chi connectivity index (χ2v) is 8.82. The van der Waals surface area contributed by atoms with Crippen molar-refractivity contribution in [2.75, 3.05) is 45.0 Å². The lowest BCUT2D eigenvalue weighted by molar-refractivity contribution is 0.0730. The third-order valence-electron chi connectivity index (χ3n) is 4.38. The molecular weight excluding hydrogens is 400 g/mol. The average molecular weight is 423 g/mol. The van der Waals surface area contributed by atoms with E-state index in [1.165, 1.54) is 41.4 Å². The van der Waals surface area contributed by atoms with E-state index in [2.05, 4.69) is 5.32 Å². The Morgan fingerprint density at radius 3 is 2.57 bits per heavy atom. The minimum Gasteiger partial charge on any atom is -0.496 e. The quantitative estimate of drug-likeness (QED) is 0.721. The summed E-state index contributed by atoms with van der Waals surface area (Å²) in [6.45, 7) is 1.29. The van der Waals surface area contributed by atoms with Crippen LogP contribution in [0.3, 0.4) is 0 Å². The normalized spacial score (nSPS) is 15.2. The zero-order chi connectivity index (χ0) is 20.1. The Morgan fingerprint density at radius 1 is 1.18 bits per heavy atom. The number of amides is 1. The summed E-state index contributed by atoms with van der Waals surface area (Å²) in [6, 6.07) is 11.7. The molecule has 2 aromatic carbocycles. The van der Waals surface area contributed by atoms with Gasteiger partial charge in [0.05, 0.1) is 36.5 Å². The van der Waals surface area contributed by atoms with Gasteiger partial charge in [-0.15, -0.1) is 11.8 Å². The standard InChI is InChI=1S/C19H22N2O5S2/c1-25-17-8-7-14(28(23,24)21-9-11-26-12-10-21)13-15(17)19(22)20-16-5-3-4-6-18(16)27-2/h3-8,13H,9-12H2,1-2H3,(H,20,22). The van der Waals surface area contributed by atoms with Crippen molar-refractivity contribution in [3.63, 3.8) is 0 Å². The van der Waals surface area contributed by atoms with Gasteiger partial charge in [-0.05, 0) is 36.6 Å². The number of nitrogens with zero attached hydrogens (tertiary/aromatic N) is 1. The molecule has 1 aliphatic rings. The molecule has 0 saturated carbocycles. The summed E-state index contributed by atoms with van der Waals surface area (Å²) < 4.78 is 37.7. The maximum atomic E-state index is 12.9. The molecule has 0 aliphatic carbocycles. The molecule has 1 amide bonds. The number of anilines is 1. The van der Waals surface area contributed by atoms with E-state index in [0.717, 1.165) is 4.90 Å². The van der Waals surface area contributed by atoms with Gasteiger partial charge in [-0.1, -0.05) is 12.1 Å². The van der Waals surface area contributed by atoms with Crippen LogP contribution >= 0.6 is 11.8 Å². The summed E-state index contributed by atoms with van der Waals surface area (Å²) in [7, 11) is -2.27. The van der Waals surface area contributed by atoms with E-state index in [4.69, 9.17) is 9.47 Å². The highest BCUT2D eigenvalue weighted by molar-refractivity contribution is 7.98. The first-order chi connectivity index (χ1) is 13.5. The van der Waals surface area contributed by atoms with Gasteiger partial charge in [0, 0.05) is 18.0 Å². The van der Waals surface area contributed by atoms with Crippen LogP contribution in [0.5, 0.6) is 5.75 Å². The summed E-state index contributed by atoms with van der Waals surface area (Å²) in [4.78, 5) is 13.9. The van der Waals surface area contributed by atoms with Crippen LogP contribution in [-0.2, 0) is 14.8 Å². The number of ether oxygens (including phenoxy) is 2. The molecule has 2 aromatic rings. The summed E-state index contributed by atoms with van der Waals surface area (Å²) in [6.07, 6.45) is 1.92. The van der Waals surface area contributed by atoms with E-state index >= 15 is 0 Å². The number of rotatable bonds is 6. The summed E-state index contributed by atoms with van der Waals surface area (Å²) >= 11 is 1.51. The van der Waals surface area contributed by atoms with Gasteiger partial charge >= 0.3 is 0 Å². The second kappa shape index (κ2) is 8.95. The van der Waals surface area contributed by atoms with Crippen molar-refractivity contribution < 1.29 is 22.7 Å². The second-order valence-electron chi connectivity index (χ2n) is 6.03. The van der Waals surface area contributed by atoms with Gasteiger partial charge in [0.2, 0.25) is 10.0 Å². The SMILES string of the molecule is COc1ccc(S(=O)(=O)N2CCOCC2)cc1C(=O)Nc1ccccc1SC. The molecule has 0 radical (unpaired) electrons. The number of sulfonamides is 1. The topological polar surface area (TPSA) is 84.9 Å². The van der Waals surface area contributed by atoms with E-state index in [0.29, 0.717) is 24.7 Å². The number of carbonyl (C=O) groups is 1. The number of nitrogens with one attached hydrogen (secondary N) is 1. The number of para-hydroxylation sites is 1. The number of benzene rings is 2. The Hall–Kier alpha value is -2.07. The Balaban J connectivity index is 1.93. The predicted octanol–water partition coefficient (Wildman–Crippen LogP) is 2.69. The van der Waals surface area contributed by atoms with E-state index in [1.54, 1.807) is 6.07 Å². The van der Waals surface area contributed by atoms with Gasteiger partial charge in [-0.25, -0.2) is 8.42 Å². The number of carbonyl (C=O) groups excluding carboxylic acids is 1. The van der Waals surface area contributed by atoms with Gasteiger partial charge in [-0.2, -0.15) is 4.31 Å². The average Bonchev–Trinajstić information content (AvgIpc) is 2.74. The van der Waals surface area contributed by atoms with E-state index in [9.17, 15) is 13.2 Å². The lowest BCUT2D eigenvalue weighted by atomic mass is 10.2. The Labute approximate surface area is 169 Å². The predicted molar refractivity (Wildman–Crippen MR) is 109 cm³/mol. The molecule has 0 aromatic heterocycles. The molecule has 150 valence electrons. The molecule has 3 rings (SSSR count). The molecule has 1 heterocycles. The highest BCUT2D eigenvalue weighted by Gasteiger charge is 2.28. The van der Waals surface area contributed by atoms with Crippen molar-refractivity contribution in [2.24, 2.45) is 0 Å². The van der Waals surface area contributed by atoms with Crippen LogP contribution in [0.2, 0.25) is 0 Å². The van der Waals surface area contributed by atoms with Crippen LogP contribution < -0.4 is 10.1 Å². The van der Waals surface area contributed by atoms with Gasteiger partial charge in [0.1, 0.15) is 5.75 Å². The Bertz CT molecular complexity index is 957. The smallest absolute Gasteiger partial charge is 0.259 e. The minimum atomic E-state index is -3.72. The molecule has 28 heavy (non-hydrogen) atoms. The molecule has 9 heteroatoms. The fourth-order valence-corrected chi connectivity index (χ4v) is 4.89. The van der Waals surface area contributed by atoms with Crippen LogP contribution in [0, 0.1) is 0 Å². The Morgan fingerprint density at radius 2 is 1.89 bits per heavy atom. The molecule has 1 saturated heterocycles. The summed E-state index contributed by atoms with van der Waals surface area (Å²) in [5.41, 5.74) is 0.816. The van der Waals surface area contributed by atoms with Crippen LogP contribution in [-0.4, -0.2) is 58.3 Å². The molecule has 7 nitrogen and oxygen atoms in total. The number of hydrogen-bond donors (Lipinski definition) is 1. The highest BCUT2D eigenvalue weighted by atomic mass is 32.2. The monoisotopic (exact) mass is 422 g/mol. The molecule has 0 atom stereocenters. The van der Waals surface area contributed by atoms with Gasteiger partial charge in [0.15, 0.2) is 0 Å². The van der Waals surface area contributed by atoms with Crippen molar-refractivity contribution in [3.05, 3.63) is 48.0 Å². The van der Waals surface area contributed by atoms with Crippen molar-refractivity contribution in [3.8, 4) is 5.75 Å². The fourth-order valence-electron chi connectivity index (χ4n) is 2.90. The van der Waals surface area contributed by atoms with Gasteiger partial charge < -0.3 is 14.8 Å². The molecule has 1 aliphatic heterocycles. The third kappa shape index (κ3) is 4.33. The van der Waals surface area contributed by atoms with Crippen LogP contribution in [0.25, 0.3) is 0 Å². The third-order valence-corrected chi connectivity index (χ3v) is 7.07. The zero-order valence-corrected chi connectivity index (χ0v) is 17.3. The van der Waals surface area contributed by atoms with Crippen LogP contribution in [0.15, 0.2) is 52.3 Å². The van der Waals surface area contributed by atoms with Gasteiger partial charge in [-0.3, -0.25) is 4.79 Å². The van der Waals surface area contributed by atoms with Crippen LogP contribution in [0.4, 0.5) is 5.69 Å². The maximum absolute atomic E-state index is 12.9. The largest absolute Gasteiger partial charge is 0.496 e. The molecule has 0 bridgehead atoms. The van der Waals surface area contributed by atoms with Crippen molar-refractivity contribution >= 4 is 33.4 Å². The molecule has 0 spiro atoms. The van der Waals surface area contributed by atoms with E-state index < -0.39 is 15.9 Å². The molecule has 1 N–H and O–H groups in total. The first-order valence-electron chi connectivity index (χ1n) is 8.67. The van der Waals surface area contributed by atoms with Crippen molar-refractivity contribution in [2.45, 2.75) is 9.79 Å². The lowest BCUT2D eigenvalue weighted by Gasteiger charge is -2.26. The lowest BCUT2D eigenvalue weighted by Crippen LogP contribution is -2.40. The maximum Gasteiger partial charge on any atom is 0.259 e.